The average Bonchev–Trinajstić information content (AvgIpc) is 2.56. The van der Waals surface area contributed by atoms with Gasteiger partial charge < -0.3 is 10.3 Å². The van der Waals surface area contributed by atoms with E-state index < -0.39 is 0 Å². The van der Waals surface area contributed by atoms with Gasteiger partial charge in [-0.15, -0.1) is 0 Å². The van der Waals surface area contributed by atoms with Crippen LogP contribution in [0.3, 0.4) is 0 Å². The standard InChI is InChI=1S/C11H14FN3/c1-2-5-15-10-4-3-8(12)6-9(10)14-11(15)7-13/h3-4,6H,2,5,7,13H2,1H3. The molecule has 0 spiro atoms. The van der Waals surface area contributed by atoms with E-state index in [9.17, 15) is 4.39 Å². The third-order valence-corrected chi connectivity index (χ3v) is 2.42. The van der Waals surface area contributed by atoms with Gasteiger partial charge in [0.25, 0.3) is 0 Å². The first-order valence-corrected chi connectivity index (χ1v) is 5.11. The van der Waals surface area contributed by atoms with Crippen LogP contribution in [0, 0.1) is 5.82 Å². The van der Waals surface area contributed by atoms with Gasteiger partial charge in [0.05, 0.1) is 17.6 Å². The van der Waals surface area contributed by atoms with E-state index in [1.54, 1.807) is 6.07 Å². The maximum Gasteiger partial charge on any atom is 0.125 e. The molecule has 0 atom stereocenters. The highest BCUT2D eigenvalue weighted by Gasteiger charge is 2.08. The lowest BCUT2D eigenvalue weighted by Crippen LogP contribution is -2.08. The van der Waals surface area contributed by atoms with Crippen LogP contribution in [0.1, 0.15) is 19.2 Å². The minimum Gasteiger partial charge on any atom is -0.327 e. The molecule has 1 aromatic carbocycles. The normalized spacial score (nSPS) is 11.1. The van der Waals surface area contributed by atoms with E-state index >= 15 is 0 Å². The smallest absolute Gasteiger partial charge is 0.125 e. The molecule has 1 heterocycles. The van der Waals surface area contributed by atoms with Gasteiger partial charge in [0.2, 0.25) is 0 Å². The third-order valence-electron chi connectivity index (χ3n) is 2.42. The Hall–Kier alpha value is -1.42. The first-order chi connectivity index (χ1) is 7.26. The molecule has 3 nitrogen and oxygen atoms in total. The molecule has 1 aromatic heterocycles. The van der Waals surface area contributed by atoms with Gasteiger partial charge in [-0.2, -0.15) is 0 Å². The zero-order valence-corrected chi connectivity index (χ0v) is 8.70. The molecule has 2 aromatic rings. The predicted octanol–water partition coefficient (Wildman–Crippen LogP) is 2.04. The number of rotatable bonds is 3. The molecule has 0 aliphatic heterocycles. The van der Waals surface area contributed by atoms with Crippen molar-refractivity contribution in [2.45, 2.75) is 26.4 Å². The molecule has 80 valence electrons. The number of hydrogen-bond acceptors (Lipinski definition) is 2. The van der Waals surface area contributed by atoms with Crippen LogP contribution in [0.2, 0.25) is 0 Å². The molecular weight excluding hydrogens is 193 g/mol. The number of fused-ring (bicyclic) bond motifs is 1. The van der Waals surface area contributed by atoms with Crippen LogP contribution in [0.15, 0.2) is 18.2 Å². The summed E-state index contributed by atoms with van der Waals surface area (Å²) in [5.74, 6) is 0.560. The van der Waals surface area contributed by atoms with E-state index in [1.807, 2.05) is 0 Å². The van der Waals surface area contributed by atoms with E-state index in [1.165, 1.54) is 12.1 Å². The van der Waals surface area contributed by atoms with Crippen LogP contribution in [0.5, 0.6) is 0 Å². The van der Waals surface area contributed by atoms with E-state index in [2.05, 4.69) is 16.5 Å². The first kappa shape index (κ1) is 10.1. The summed E-state index contributed by atoms with van der Waals surface area (Å²) in [6, 6.07) is 4.66. The van der Waals surface area contributed by atoms with Gasteiger partial charge in [-0.05, 0) is 18.6 Å². The summed E-state index contributed by atoms with van der Waals surface area (Å²) < 4.78 is 15.0. The minimum absolute atomic E-state index is 0.257. The van der Waals surface area contributed by atoms with E-state index in [0.717, 1.165) is 24.3 Å². The summed E-state index contributed by atoms with van der Waals surface area (Å²) in [5, 5.41) is 0. The van der Waals surface area contributed by atoms with Crippen molar-refractivity contribution in [3.63, 3.8) is 0 Å². The molecule has 2 rings (SSSR count). The van der Waals surface area contributed by atoms with Crippen molar-refractivity contribution in [1.29, 1.82) is 0 Å². The molecule has 15 heavy (non-hydrogen) atoms. The molecule has 0 saturated heterocycles. The molecule has 0 unspecified atom stereocenters. The maximum atomic E-state index is 13.0. The number of nitrogens with two attached hydrogens (primary N) is 1. The quantitative estimate of drug-likeness (QED) is 0.837. The summed E-state index contributed by atoms with van der Waals surface area (Å²) in [4.78, 5) is 4.31. The van der Waals surface area contributed by atoms with Gasteiger partial charge in [-0.1, -0.05) is 6.92 Å². The molecule has 0 aliphatic carbocycles. The number of hydrogen-bond donors (Lipinski definition) is 1. The van der Waals surface area contributed by atoms with E-state index in [-0.39, 0.29) is 5.82 Å². The second-order valence-electron chi connectivity index (χ2n) is 3.52. The lowest BCUT2D eigenvalue weighted by atomic mass is 10.3. The Morgan fingerprint density at radius 1 is 1.47 bits per heavy atom. The SMILES string of the molecule is CCCn1c(CN)nc2cc(F)ccc21. The van der Waals surface area contributed by atoms with Gasteiger partial charge in [-0.3, -0.25) is 0 Å². The molecule has 0 radical (unpaired) electrons. The molecule has 0 amide bonds. The lowest BCUT2D eigenvalue weighted by molar-refractivity contribution is 0.629. The van der Waals surface area contributed by atoms with Crippen molar-refractivity contribution in [1.82, 2.24) is 9.55 Å². The lowest BCUT2D eigenvalue weighted by Gasteiger charge is -2.05. The zero-order chi connectivity index (χ0) is 10.8. The Kier molecular flexibility index (Phi) is 2.68. The van der Waals surface area contributed by atoms with Crippen LogP contribution in [-0.4, -0.2) is 9.55 Å². The van der Waals surface area contributed by atoms with Crippen molar-refractivity contribution in [2.75, 3.05) is 0 Å². The highest BCUT2D eigenvalue weighted by molar-refractivity contribution is 5.76. The summed E-state index contributed by atoms with van der Waals surface area (Å²) in [6.07, 6.45) is 1.01. The number of imidazole rings is 1. The van der Waals surface area contributed by atoms with Crippen LogP contribution >= 0.6 is 0 Å². The molecule has 0 fully saturated rings. The van der Waals surface area contributed by atoms with Gasteiger partial charge in [0, 0.05) is 12.6 Å². The highest BCUT2D eigenvalue weighted by atomic mass is 19.1. The highest BCUT2D eigenvalue weighted by Crippen LogP contribution is 2.17. The zero-order valence-electron chi connectivity index (χ0n) is 8.70. The summed E-state index contributed by atoms with van der Waals surface area (Å²) >= 11 is 0. The number of halogens is 1. The average molecular weight is 207 g/mol. The molecule has 0 saturated carbocycles. The van der Waals surface area contributed by atoms with Gasteiger partial charge >= 0.3 is 0 Å². The second kappa shape index (κ2) is 3.98. The Morgan fingerprint density at radius 3 is 2.93 bits per heavy atom. The largest absolute Gasteiger partial charge is 0.327 e. The van der Waals surface area contributed by atoms with Crippen LogP contribution in [-0.2, 0) is 13.1 Å². The van der Waals surface area contributed by atoms with Crippen LogP contribution in [0.25, 0.3) is 11.0 Å². The fraction of sp³-hybridized carbons (Fsp3) is 0.364. The van der Waals surface area contributed by atoms with Gasteiger partial charge in [0.15, 0.2) is 0 Å². The fourth-order valence-electron chi connectivity index (χ4n) is 1.78. The topological polar surface area (TPSA) is 43.8 Å². The third kappa shape index (κ3) is 1.72. The second-order valence-corrected chi connectivity index (χ2v) is 3.52. The Labute approximate surface area is 87.7 Å². The monoisotopic (exact) mass is 207 g/mol. The van der Waals surface area contributed by atoms with Crippen molar-refractivity contribution in [3.05, 3.63) is 29.8 Å². The Morgan fingerprint density at radius 2 is 2.27 bits per heavy atom. The number of benzene rings is 1. The van der Waals surface area contributed by atoms with Crippen molar-refractivity contribution in [3.8, 4) is 0 Å². The molecule has 0 aliphatic rings. The molecule has 2 N–H and O–H groups in total. The van der Waals surface area contributed by atoms with Gasteiger partial charge in [-0.25, -0.2) is 9.37 Å². The summed E-state index contributed by atoms with van der Waals surface area (Å²) in [5.41, 5.74) is 7.25. The van der Waals surface area contributed by atoms with E-state index in [0.29, 0.717) is 12.1 Å². The fourth-order valence-corrected chi connectivity index (χ4v) is 1.78. The number of nitrogens with zero attached hydrogens (tertiary/aromatic N) is 2. The van der Waals surface area contributed by atoms with Crippen molar-refractivity contribution in [2.24, 2.45) is 5.73 Å². The van der Waals surface area contributed by atoms with E-state index in [4.69, 9.17) is 5.73 Å². The van der Waals surface area contributed by atoms with Crippen LogP contribution < -0.4 is 5.73 Å². The molecule has 4 heteroatoms. The minimum atomic E-state index is -0.257. The summed E-state index contributed by atoms with van der Waals surface area (Å²) in [6.45, 7) is 3.35. The maximum absolute atomic E-state index is 13.0. The van der Waals surface area contributed by atoms with Gasteiger partial charge in [0.1, 0.15) is 11.6 Å². The number of aryl methyl sites for hydroxylation is 1. The first-order valence-electron chi connectivity index (χ1n) is 5.11. The number of aromatic nitrogens is 2. The van der Waals surface area contributed by atoms with Crippen molar-refractivity contribution < 1.29 is 4.39 Å². The molecular formula is C11H14FN3. The van der Waals surface area contributed by atoms with Crippen LogP contribution in [0.4, 0.5) is 4.39 Å². The summed E-state index contributed by atoms with van der Waals surface area (Å²) in [7, 11) is 0. The predicted molar refractivity (Wildman–Crippen MR) is 57.9 cm³/mol. The van der Waals surface area contributed by atoms with Crippen molar-refractivity contribution >= 4 is 11.0 Å². The Bertz CT molecular complexity index is 476. The Balaban J connectivity index is 2.63. The molecule has 0 bridgehead atoms.